The van der Waals surface area contributed by atoms with Crippen LogP contribution in [-0.2, 0) is 0 Å². The van der Waals surface area contributed by atoms with Crippen LogP contribution in [0.15, 0.2) is 173 Å². The Bertz CT molecular complexity index is 3050. The van der Waals surface area contributed by atoms with Crippen molar-refractivity contribution < 1.29 is 8.83 Å². The van der Waals surface area contributed by atoms with Crippen LogP contribution in [0.5, 0.6) is 0 Å². The lowest BCUT2D eigenvalue weighted by Gasteiger charge is -2.24. The summed E-state index contributed by atoms with van der Waals surface area (Å²) in [6, 6.07) is 41.7. The lowest BCUT2D eigenvalue weighted by Crippen LogP contribution is -2.12. The van der Waals surface area contributed by atoms with Gasteiger partial charge in [-0.1, -0.05) is 147 Å². The molecule has 9 aromatic rings. The van der Waals surface area contributed by atoms with Crippen LogP contribution in [0.1, 0.15) is 26.1 Å². The number of benzene rings is 6. The van der Waals surface area contributed by atoms with Crippen molar-refractivity contribution in [3.63, 3.8) is 0 Å². The molecule has 0 spiro atoms. The fourth-order valence-electron chi connectivity index (χ4n) is 7.70. The van der Waals surface area contributed by atoms with Gasteiger partial charge in [-0.15, -0.1) is 0 Å². The zero-order valence-corrected chi connectivity index (χ0v) is 30.0. The summed E-state index contributed by atoms with van der Waals surface area (Å²) in [5.41, 5.74) is 8.13. The van der Waals surface area contributed by atoms with Gasteiger partial charge in [0.05, 0.1) is 0 Å². The maximum atomic E-state index is 6.72. The Kier molecular flexibility index (Phi) is 7.48. The number of rotatable bonds is 6. The first-order chi connectivity index (χ1) is 26.5. The van der Waals surface area contributed by atoms with Gasteiger partial charge in [-0.2, -0.15) is 0 Å². The van der Waals surface area contributed by atoms with E-state index in [1.807, 2.05) is 55.5 Å². The highest BCUT2D eigenvalue weighted by Gasteiger charge is 2.23. The van der Waals surface area contributed by atoms with Gasteiger partial charge in [0, 0.05) is 54.6 Å². The lowest BCUT2D eigenvalue weighted by molar-refractivity contribution is 0.558. The summed E-state index contributed by atoms with van der Waals surface area (Å²) in [5.74, 6) is 1.87. The van der Waals surface area contributed by atoms with E-state index in [1.165, 1.54) is 0 Å². The predicted molar refractivity (Wildman–Crippen MR) is 222 cm³/mol. The van der Waals surface area contributed by atoms with Crippen molar-refractivity contribution >= 4 is 60.2 Å². The molecule has 5 heteroatoms. The summed E-state index contributed by atoms with van der Waals surface area (Å²) in [5, 5.41) is 6.42. The molecule has 6 aromatic carbocycles. The molecule has 258 valence electrons. The summed E-state index contributed by atoms with van der Waals surface area (Å²) in [4.78, 5) is 15.3. The van der Waals surface area contributed by atoms with Crippen LogP contribution >= 0.6 is 0 Å². The smallest absolute Gasteiger partial charge is 0.164 e. The number of hydrogen-bond acceptors (Lipinski definition) is 5. The van der Waals surface area contributed by atoms with Gasteiger partial charge in [-0.25, -0.2) is 15.0 Å². The van der Waals surface area contributed by atoms with Crippen LogP contribution in [0.25, 0.3) is 94.1 Å². The van der Waals surface area contributed by atoms with Crippen LogP contribution in [0.2, 0.25) is 0 Å². The van der Waals surface area contributed by atoms with E-state index in [0.29, 0.717) is 17.5 Å². The molecule has 3 aromatic heterocycles. The zero-order chi connectivity index (χ0) is 36.2. The average molecular weight is 698 g/mol. The monoisotopic (exact) mass is 697 g/mol. The summed E-state index contributed by atoms with van der Waals surface area (Å²) >= 11 is 0. The second-order valence-corrected chi connectivity index (χ2v) is 14.2. The highest BCUT2D eigenvalue weighted by molar-refractivity contribution is 6.18. The number of furan rings is 2. The Morgan fingerprint density at radius 2 is 1.37 bits per heavy atom. The highest BCUT2D eigenvalue weighted by Crippen LogP contribution is 2.42. The van der Waals surface area contributed by atoms with E-state index in [-0.39, 0.29) is 5.41 Å². The minimum absolute atomic E-state index is 0.0827. The third kappa shape index (κ3) is 5.36. The fraction of sp³-hybridized carbons (Fsp3) is 0.0816. The Morgan fingerprint density at radius 1 is 0.593 bits per heavy atom. The van der Waals surface area contributed by atoms with Crippen molar-refractivity contribution in [3.05, 3.63) is 170 Å². The highest BCUT2D eigenvalue weighted by atomic mass is 16.3. The third-order valence-electron chi connectivity index (χ3n) is 10.5. The normalized spacial score (nSPS) is 16.2. The number of fused-ring (bicyclic) bond motifs is 8. The van der Waals surface area contributed by atoms with Crippen LogP contribution in [0.3, 0.4) is 0 Å². The van der Waals surface area contributed by atoms with E-state index in [9.17, 15) is 0 Å². The second kappa shape index (κ2) is 12.7. The molecule has 0 saturated carbocycles. The molecule has 0 fully saturated rings. The van der Waals surface area contributed by atoms with Gasteiger partial charge in [0.15, 0.2) is 17.5 Å². The van der Waals surface area contributed by atoms with Gasteiger partial charge in [-0.05, 0) is 48.6 Å². The minimum Gasteiger partial charge on any atom is -0.456 e. The van der Waals surface area contributed by atoms with Crippen molar-refractivity contribution in [2.45, 2.75) is 20.3 Å². The van der Waals surface area contributed by atoms with Gasteiger partial charge in [0.2, 0.25) is 0 Å². The molecule has 0 bridgehead atoms. The first-order valence-electron chi connectivity index (χ1n) is 18.4. The average Bonchev–Trinajstić information content (AvgIpc) is 3.80. The molecule has 1 aliphatic rings. The van der Waals surface area contributed by atoms with Crippen molar-refractivity contribution in [1.29, 1.82) is 0 Å². The lowest BCUT2D eigenvalue weighted by atomic mass is 9.81. The number of hydrogen-bond donors (Lipinski definition) is 0. The Morgan fingerprint density at radius 3 is 2.24 bits per heavy atom. The maximum Gasteiger partial charge on any atom is 0.164 e. The Labute approximate surface area is 312 Å². The predicted octanol–water partition coefficient (Wildman–Crippen LogP) is 13.3. The first-order valence-corrected chi connectivity index (χ1v) is 18.4. The van der Waals surface area contributed by atoms with Gasteiger partial charge < -0.3 is 8.83 Å². The largest absolute Gasteiger partial charge is 0.456 e. The third-order valence-corrected chi connectivity index (χ3v) is 10.5. The molecule has 54 heavy (non-hydrogen) atoms. The molecule has 1 aliphatic carbocycles. The molecule has 3 heterocycles. The molecule has 0 saturated heterocycles. The number of allylic oxidation sites excluding steroid dienone is 8. The van der Waals surface area contributed by atoms with Gasteiger partial charge in [0.25, 0.3) is 0 Å². The molecule has 10 rings (SSSR count). The number of nitrogens with zero attached hydrogens (tertiary/aromatic N) is 3. The quantitative estimate of drug-likeness (QED) is 0.162. The van der Waals surface area contributed by atoms with Crippen molar-refractivity contribution in [3.8, 4) is 33.9 Å². The van der Waals surface area contributed by atoms with E-state index in [2.05, 4.69) is 122 Å². The standard InChI is InChI=1S/C49H35N3O2/c1-3-4-10-27-49(2)28-25-33(26-29-49)47-50-46(32-14-6-5-7-15-32)51-48(52-47)39-19-12-20-42-43(39)40-30-34(22-24-41(40)53-42)36-17-11-18-37-38-23-21-31-13-8-9-16-35(31)44(38)54-45(36)37/h3-28,30H,29H2,1-2H3/b4-3-,27-10-. The molecule has 1 unspecified atom stereocenters. The van der Waals surface area contributed by atoms with Gasteiger partial charge >= 0.3 is 0 Å². The molecular weight excluding hydrogens is 663 g/mol. The SMILES string of the molecule is C/C=C\C=C/C1(C)C=CC(c2nc(-c3ccccc3)nc(-c3cccc4oc5ccc(-c6cccc7c6oc6c8ccccc8ccc76)cc5c34)n2)=CC1. The minimum atomic E-state index is -0.0827. The molecule has 1 atom stereocenters. The fourth-order valence-corrected chi connectivity index (χ4v) is 7.70. The number of para-hydroxylation sites is 1. The van der Waals surface area contributed by atoms with E-state index < -0.39 is 0 Å². The second-order valence-electron chi connectivity index (χ2n) is 14.2. The maximum absolute atomic E-state index is 6.72. The van der Waals surface area contributed by atoms with Crippen LogP contribution in [0, 0.1) is 5.41 Å². The molecule has 0 radical (unpaired) electrons. The first kappa shape index (κ1) is 31.9. The van der Waals surface area contributed by atoms with E-state index in [4.69, 9.17) is 23.8 Å². The summed E-state index contributed by atoms with van der Waals surface area (Å²) < 4.78 is 13.2. The van der Waals surface area contributed by atoms with Crippen molar-refractivity contribution in [2.75, 3.05) is 0 Å². The van der Waals surface area contributed by atoms with E-state index >= 15 is 0 Å². The summed E-state index contributed by atoms with van der Waals surface area (Å²) in [7, 11) is 0. The van der Waals surface area contributed by atoms with Crippen LogP contribution < -0.4 is 0 Å². The Balaban J connectivity index is 1.13. The van der Waals surface area contributed by atoms with E-state index in [0.717, 1.165) is 88.9 Å². The van der Waals surface area contributed by atoms with Crippen molar-refractivity contribution in [2.24, 2.45) is 5.41 Å². The number of aromatic nitrogens is 3. The molecular formula is C49H35N3O2. The summed E-state index contributed by atoms with van der Waals surface area (Å²) in [6.45, 7) is 4.26. The Hall–Kier alpha value is -6.85. The van der Waals surface area contributed by atoms with Gasteiger partial charge in [0.1, 0.15) is 22.3 Å². The summed E-state index contributed by atoms with van der Waals surface area (Å²) in [6.07, 6.45) is 15.9. The topological polar surface area (TPSA) is 65.0 Å². The zero-order valence-electron chi connectivity index (χ0n) is 30.0. The molecule has 5 nitrogen and oxygen atoms in total. The van der Waals surface area contributed by atoms with E-state index in [1.54, 1.807) is 0 Å². The van der Waals surface area contributed by atoms with Crippen LogP contribution in [-0.4, -0.2) is 15.0 Å². The van der Waals surface area contributed by atoms with Gasteiger partial charge in [-0.3, -0.25) is 0 Å². The van der Waals surface area contributed by atoms with Crippen molar-refractivity contribution in [1.82, 2.24) is 15.0 Å². The van der Waals surface area contributed by atoms with Crippen LogP contribution in [0.4, 0.5) is 0 Å². The molecule has 0 N–H and O–H groups in total. The molecule has 0 aliphatic heterocycles. The molecule has 0 amide bonds.